The van der Waals surface area contributed by atoms with Crippen molar-refractivity contribution in [2.45, 2.75) is 13.0 Å². The molecule has 0 aliphatic carbocycles. The molecule has 2 aliphatic heterocycles. The van der Waals surface area contributed by atoms with Gasteiger partial charge in [0.2, 0.25) is 0 Å². The van der Waals surface area contributed by atoms with Crippen LogP contribution in [0.4, 0.5) is 17.2 Å². The number of aromatic nitrogens is 1. The van der Waals surface area contributed by atoms with Crippen LogP contribution >= 0.6 is 0 Å². The number of rotatable bonds is 4. The molecule has 0 unspecified atom stereocenters. The van der Waals surface area contributed by atoms with Crippen molar-refractivity contribution in [1.82, 2.24) is 14.8 Å². The number of hydrogen-bond acceptors (Lipinski definition) is 6. The minimum atomic E-state index is 0.723. The lowest BCUT2D eigenvalue weighted by atomic mass is 10.1. The van der Waals surface area contributed by atoms with Gasteiger partial charge >= 0.3 is 0 Å². The van der Waals surface area contributed by atoms with E-state index in [0.29, 0.717) is 0 Å². The predicted molar refractivity (Wildman–Crippen MR) is 117 cm³/mol. The lowest BCUT2D eigenvalue weighted by molar-refractivity contribution is 0.284. The number of nitrogens with two attached hydrogens (primary N) is 1. The Morgan fingerprint density at radius 3 is 2.43 bits per heavy atom. The summed E-state index contributed by atoms with van der Waals surface area (Å²) in [7, 11) is 2.21. The smallest absolute Gasteiger partial charge is 0.128 e. The molecule has 28 heavy (non-hydrogen) atoms. The van der Waals surface area contributed by atoms with Crippen LogP contribution in [0.3, 0.4) is 0 Å². The Kier molecular flexibility index (Phi) is 5.98. The number of anilines is 3. The van der Waals surface area contributed by atoms with E-state index in [9.17, 15) is 0 Å². The van der Waals surface area contributed by atoms with E-state index in [2.05, 4.69) is 55.9 Å². The van der Waals surface area contributed by atoms with Crippen molar-refractivity contribution in [3.05, 3.63) is 48.2 Å². The molecule has 6 heteroatoms. The van der Waals surface area contributed by atoms with Crippen LogP contribution in [-0.2, 0) is 6.54 Å². The average molecular weight is 381 g/mol. The van der Waals surface area contributed by atoms with Gasteiger partial charge in [0.25, 0.3) is 0 Å². The summed E-state index contributed by atoms with van der Waals surface area (Å²) in [4.78, 5) is 14.4. The lowest BCUT2D eigenvalue weighted by Gasteiger charge is -2.35. The molecule has 150 valence electrons. The van der Waals surface area contributed by atoms with Crippen LogP contribution < -0.4 is 15.5 Å². The number of nitrogens with zero attached hydrogens (tertiary/aromatic N) is 5. The lowest BCUT2D eigenvalue weighted by Crippen LogP contribution is -2.45. The van der Waals surface area contributed by atoms with Crippen molar-refractivity contribution in [2.75, 3.05) is 74.9 Å². The zero-order valence-corrected chi connectivity index (χ0v) is 16.9. The Morgan fingerprint density at radius 1 is 0.857 bits per heavy atom. The summed E-state index contributed by atoms with van der Waals surface area (Å²) in [5.74, 6) is 1.04. The van der Waals surface area contributed by atoms with Crippen LogP contribution in [-0.4, -0.2) is 74.2 Å². The van der Waals surface area contributed by atoms with Gasteiger partial charge in [0.15, 0.2) is 0 Å². The fraction of sp³-hybridized carbons (Fsp3) is 0.500. The number of piperazine rings is 1. The quantitative estimate of drug-likeness (QED) is 0.877. The topological polar surface area (TPSA) is 51.9 Å². The zero-order valence-electron chi connectivity index (χ0n) is 16.9. The standard InChI is InChI=1S/C22H32N6/c1-25-11-14-27(15-12-25)21-6-3-2-5-19(21)18-26-9-4-10-28(16-13-26)22-8-7-20(23)17-24-22/h2-3,5-8,17H,4,9-16,18,23H2,1H3. The van der Waals surface area contributed by atoms with Crippen LogP contribution in [0.25, 0.3) is 0 Å². The van der Waals surface area contributed by atoms with E-state index >= 15 is 0 Å². The highest BCUT2D eigenvalue weighted by Crippen LogP contribution is 2.24. The molecule has 2 fully saturated rings. The Labute approximate surface area is 168 Å². The van der Waals surface area contributed by atoms with E-state index < -0.39 is 0 Å². The number of nitrogen functional groups attached to an aromatic ring is 1. The molecule has 0 atom stereocenters. The zero-order chi connectivity index (χ0) is 19.3. The minimum Gasteiger partial charge on any atom is -0.397 e. The monoisotopic (exact) mass is 380 g/mol. The summed E-state index contributed by atoms with van der Waals surface area (Å²) in [6, 6.07) is 12.9. The van der Waals surface area contributed by atoms with Gasteiger partial charge < -0.3 is 20.4 Å². The third kappa shape index (κ3) is 4.56. The van der Waals surface area contributed by atoms with Gasteiger partial charge in [-0.2, -0.15) is 0 Å². The SMILES string of the molecule is CN1CCN(c2ccccc2CN2CCCN(c3ccc(N)cn3)CC2)CC1. The van der Waals surface area contributed by atoms with E-state index in [1.165, 1.54) is 11.3 Å². The van der Waals surface area contributed by atoms with E-state index in [4.69, 9.17) is 5.73 Å². The van der Waals surface area contributed by atoms with Crippen LogP contribution in [0.5, 0.6) is 0 Å². The molecule has 0 radical (unpaired) electrons. The third-order valence-corrected chi connectivity index (χ3v) is 5.91. The highest BCUT2D eigenvalue weighted by atomic mass is 15.3. The summed E-state index contributed by atoms with van der Waals surface area (Å²) >= 11 is 0. The van der Waals surface area contributed by atoms with E-state index in [1.54, 1.807) is 6.20 Å². The third-order valence-electron chi connectivity index (χ3n) is 5.91. The highest BCUT2D eigenvalue weighted by molar-refractivity contribution is 5.54. The van der Waals surface area contributed by atoms with Gasteiger partial charge in [0, 0.05) is 64.6 Å². The van der Waals surface area contributed by atoms with Gasteiger partial charge in [-0.3, -0.25) is 4.90 Å². The second-order valence-corrected chi connectivity index (χ2v) is 7.99. The van der Waals surface area contributed by atoms with Crippen molar-refractivity contribution < 1.29 is 0 Å². The molecule has 2 aromatic rings. The molecule has 1 aromatic heterocycles. The summed E-state index contributed by atoms with van der Waals surface area (Å²) in [6.45, 7) is 9.77. The van der Waals surface area contributed by atoms with Crippen LogP contribution in [0.2, 0.25) is 0 Å². The van der Waals surface area contributed by atoms with Gasteiger partial charge in [-0.25, -0.2) is 4.98 Å². The van der Waals surface area contributed by atoms with Gasteiger partial charge in [0.1, 0.15) is 5.82 Å². The Hall–Kier alpha value is -2.31. The van der Waals surface area contributed by atoms with Crippen molar-refractivity contribution in [3.63, 3.8) is 0 Å². The molecule has 2 N–H and O–H groups in total. The Morgan fingerprint density at radius 2 is 1.64 bits per heavy atom. The van der Waals surface area contributed by atoms with E-state index in [-0.39, 0.29) is 0 Å². The fourth-order valence-corrected chi connectivity index (χ4v) is 4.18. The van der Waals surface area contributed by atoms with Crippen LogP contribution in [0.15, 0.2) is 42.6 Å². The molecule has 2 aliphatic rings. The van der Waals surface area contributed by atoms with Gasteiger partial charge in [-0.1, -0.05) is 18.2 Å². The maximum atomic E-state index is 5.78. The molecular formula is C22H32N6. The first-order valence-electron chi connectivity index (χ1n) is 10.4. The molecule has 3 heterocycles. The number of likely N-dealkylation sites (N-methyl/N-ethyl adjacent to an activating group) is 1. The Bertz CT molecular complexity index is 754. The molecule has 0 amide bonds. The van der Waals surface area contributed by atoms with Crippen molar-refractivity contribution in [3.8, 4) is 0 Å². The van der Waals surface area contributed by atoms with Gasteiger partial charge in [-0.05, 0) is 37.2 Å². The fourth-order valence-electron chi connectivity index (χ4n) is 4.18. The molecule has 0 saturated carbocycles. The second-order valence-electron chi connectivity index (χ2n) is 7.99. The molecule has 1 aromatic carbocycles. The number of hydrogen-bond donors (Lipinski definition) is 1. The maximum absolute atomic E-state index is 5.78. The number of para-hydroxylation sites is 1. The summed E-state index contributed by atoms with van der Waals surface area (Å²) in [5, 5.41) is 0. The molecular weight excluding hydrogens is 348 g/mol. The molecule has 4 rings (SSSR count). The van der Waals surface area contributed by atoms with E-state index in [1.807, 2.05) is 12.1 Å². The van der Waals surface area contributed by atoms with Crippen LogP contribution in [0.1, 0.15) is 12.0 Å². The normalized spacial score (nSPS) is 19.6. The highest BCUT2D eigenvalue weighted by Gasteiger charge is 2.20. The minimum absolute atomic E-state index is 0.723. The summed E-state index contributed by atoms with van der Waals surface area (Å²) in [5.41, 5.74) is 9.37. The number of benzene rings is 1. The first-order chi connectivity index (χ1) is 13.7. The van der Waals surface area contributed by atoms with Crippen molar-refractivity contribution in [2.24, 2.45) is 0 Å². The average Bonchev–Trinajstić information content (AvgIpc) is 2.95. The molecule has 0 spiro atoms. The van der Waals surface area contributed by atoms with Crippen LogP contribution in [0, 0.1) is 0 Å². The van der Waals surface area contributed by atoms with E-state index in [0.717, 1.165) is 76.8 Å². The largest absolute Gasteiger partial charge is 0.397 e. The first kappa shape index (κ1) is 19.0. The first-order valence-corrected chi connectivity index (χ1v) is 10.4. The Balaban J connectivity index is 1.40. The molecule has 2 saturated heterocycles. The summed E-state index contributed by atoms with van der Waals surface area (Å²) in [6.07, 6.45) is 2.91. The predicted octanol–water partition coefficient (Wildman–Crippen LogP) is 2.13. The maximum Gasteiger partial charge on any atom is 0.128 e. The van der Waals surface area contributed by atoms with Gasteiger partial charge in [0.05, 0.1) is 11.9 Å². The molecule has 0 bridgehead atoms. The summed E-state index contributed by atoms with van der Waals surface area (Å²) < 4.78 is 0. The van der Waals surface area contributed by atoms with Crippen molar-refractivity contribution >= 4 is 17.2 Å². The number of pyridine rings is 1. The molecule has 6 nitrogen and oxygen atoms in total. The second kappa shape index (κ2) is 8.80. The van der Waals surface area contributed by atoms with Crippen molar-refractivity contribution in [1.29, 1.82) is 0 Å². The van der Waals surface area contributed by atoms with Gasteiger partial charge in [-0.15, -0.1) is 0 Å².